The first-order valence-corrected chi connectivity index (χ1v) is 16.6. The molecule has 0 bridgehead atoms. The molecule has 222 valence electrons. The summed E-state index contributed by atoms with van der Waals surface area (Å²) >= 11 is 0. The molecule has 0 heterocycles. The summed E-state index contributed by atoms with van der Waals surface area (Å²) in [6.07, 6.45) is 30.6. The highest BCUT2D eigenvalue weighted by Crippen LogP contribution is 2.25. The number of carboxylic acids is 1. The summed E-state index contributed by atoms with van der Waals surface area (Å²) in [5, 5.41) is 9.09. The lowest BCUT2D eigenvalue weighted by molar-refractivity contribution is -0.142. The number of hydrogen-bond acceptors (Lipinski definition) is 2. The molecule has 0 amide bonds. The van der Waals surface area contributed by atoms with Gasteiger partial charge in [-0.25, -0.2) is 0 Å². The number of allylic oxidation sites excluding steroid dienone is 2. The molecule has 0 rings (SSSR count). The standard InChI is InChI=1S/C24H46O2.C10H23N/c1-5-9-10-11-12-15-18-21(6-2)22(7-3)19-16-13-14-17-20-23(8-4)24(25)26;1-2-3-4-5-6-7-8-9-10-11/h23H,5-20H2,1-4H3,(H,25,26);2-11H2,1H3/b22-21-;. The summed E-state index contributed by atoms with van der Waals surface area (Å²) in [6, 6.07) is 0. The quantitative estimate of drug-likeness (QED) is 0.0875. The van der Waals surface area contributed by atoms with Crippen molar-refractivity contribution in [1.29, 1.82) is 0 Å². The van der Waals surface area contributed by atoms with Crippen LogP contribution in [0.4, 0.5) is 0 Å². The minimum absolute atomic E-state index is 0.134. The summed E-state index contributed by atoms with van der Waals surface area (Å²) in [5.41, 5.74) is 8.82. The maximum Gasteiger partial charge on any atom is 0.306 e. The summed E-state index contributed by atoms with van der Waals surface area (Å²) in [5.74, 6) is -0.754. The summed E-state index contributed by atoms with van der Waals surface area (Å²) < 4.78 is 0. The van der Waals surface area contributed by atoms with E-state index in [-0.39, 0.29) is 5.92 Å². The first kappa shape index (κ1) is 38.3. The molecule has 1 atom stereocenters. The third-order valence-electron chi connectivity index (χ3n) is 7.87. The number of rotatable bonds is 26. The maximum absolute atomic E-state index is 11.0. The molecule has 0 aromatic carbocycles. The van der Waals surface area contributed by atoms with Crippen molar-refractivity contribution in [2.45, 2.75) is 189 Å². The Hall–Kier alpha value is -0.830. The van der Waals surface area contributed by atoms with Gasteiger partial charge in [-0.2, -0.15) is 0 Å². The summed E-state index contributed by atoms with van der Waals surface area (Å²) in [6.45, 7) is 12.0. The summed E-state index contributed by atoms with van der Waals surface area (Å²) in [4.78, 5) is 11.0. The highest BCUT2D eigenvalue weighted by molar-refractivity contribution is 5.69. The predicted molar refractivity (Wildman–Crippen MR) is 166 cm³/mol. The van der Waals surface area contributed by atoms with E-state index in [1.54, 1.807) is 11.1 Å². The highest BCUT2D eigenvalue weighted by Gasteiger charge is 2.13. The largest absolute Gasteiger partial charge is 0.481 e. The first-order valence-electron chi connectivity index (χ1n) is 16.6. The second-order valence-corrected chi connectivity index (χ2v) is 11.1. The molecule has 0 spiro atoms. The molecule has 0 fully saturated rings. The maximum atomic E-state index is 11.0. The zero-order valence-corrected chi connectivity index (χ0v) is 26.2. The van der Waals surface area contributed by atoms with Gasteiger partial charge in [0.15, 0.2) is 0 Å². The predicted octanol–water partition coefficient (Wildman–Crippen LogP) is 11.4. The van der Waals surface area contributed by atoms with E-state index in [1.165, 1.54) is 135 Å². The fourth-order valence-corrected chi connectivity index (χ4v) is 5.19. The molecule has 0 aromatic rings. The van der Waals surface area contributed by atoms with Crippen LogP contribution < -0.4 is 5.73 Å². The third kappa shape index (κ3) is 26.6. The van der Waals surface area contributed by atoms with Gasteiger partial charge in [-0.1, -0.05) is 142 Å². The third-order valence-corrected chi connectivity index (χ3v) is 7.87. The van der Waals surface area contributed by atoms with Crippen molar-refractivity contribution in [2.24, 2.45) is 11.7 Å². The van der Waals surface area contributed by atoms with Crippen LogP contribution in [-0.2, 0) is 4.79 Å². The van der Waals surface area contributed by atoms with Gasteiger partial charge >= 0.3 is 5.97 Å². The van der Waals surface area contributed by atoms with Crippen LogP contribution in [-0.4, -0.2) is 17.6 Å². The Kier molecular flexibility index (Phi) is 32.5. The van der Waals surface area contributed by atoms with Crippen molar-refractivity contribution in [1.82, 2.24) is 0 Å². The number of carboxylic acid groups (broad SMARTS) is 1. The van der Waals surface area contributed by atoms with Crippen LogP contribution in [0.25, 0.3) is 0 Å². The number of aliphatic carboxylic acids is 1. The van der Waals surface area contributed by atoms with Gasteiger partial charge in [0, 0.05) is 0 Å². The Labute approximate surface area is 233 Å². The molecule has 37 heavy (non-hydrogen) atoms. The number of nitrogens with two attached hydrogens (primary N) is 1. The van der Waals surface area contributed by atoms with E-state index in [4.69, 9.17) is 10.8 Å². The van der Waals surface area contributed by atoms with Crippen LogP contribution in [0.1, 0.15) is 189 Å². The molecule has 0 aliphatic rings. The molecular formula is C34H69NO2. The van der Waals surface area contributed by atoms with Crippen molar-refractivity contribution in [3.63, 3.8) is 0 Å². The van der Waals surface area contributed by atoms with Gasteiger partial charge in [-0.15, -0.1) is 0 Å². The van der Waals surface area contributed by atoms with Crippen molar-refractivity contribution >= 4 is 5.97 Å². The lowest BCUT2D eigenvalue weighted by atomic mass is 9.93. The van der Waals surface area contributed by atoms with Crippen molar-refractivity contribution in [3.8, 4) is 0 Å². The number of carbonyl (C=O) groups is 1. The number of hydrogen-bond donors (Lipinski definition) is 2. The molecule has 0 saturated carbocycles. The topological polar surface area (TPSA) is 63.3 Å². The molecule has 3 N–H and O–H groups in total. The molecule has 3 heteroatoms. The van der Waals surface area contributed by atoms with E-state index in [0.29, 0.717) is 0 Å². The molecule has 0 radical (unpaired) electrons. The normalized spacial score (nSPS) is 12.6. The van der Waals surface area contributed by atoms with E-state index in [9.17, 15) is 4.79 Å². The van der Waals surface area contributed by atoms with E-state index in [1.807, 2.05) is 6.92 Å². The fourth-order valence-electron chi connectivity index (χ4n) is 5.19. The Morgan fingerprint density at radius 1 is 0.568 bits per heavy atom. The minimum atomic E-state index is -0.619. The van der Waals surface area contributed by atoms with E-state index < -0.39 is 5.97 Å². The molecule has 0 aliphatic carbocycles. The van der Waals surface area contributed by atoms with Crippen LogP contribution in [0.2, 0.25) is 0 Å². The number of unbranched alkanes of at least 4 members (excludes halogenated alkanes) is 15. The Morgan fingerprint density at radius 3 is 1.30 bits per heavy atom. The van der Waals surface area contributed by atoms with E-state index in [0.717, 1.165) is 25.8 Å². The lowest BCUT2D eigenvalue weighted by Gasteiger charge is -2.14. The monoisotopic (exact) mass is 524 g/mol. The molecule has 0 aliphatic heterocycles. The molecular weight excluding hydrogens is 454 g/mol. The van der Waals surface area contributed by atoms with Gasteiger partial charge in [-0.05, 0) is 64.3 Å². The van der Waals surface area contributed by atoms with Crippen molar-refractivity contribution in [3.05, 3.63) is 11.1 Å². The fraction of sp³-hybridized carbons (Fsp3) is 0.912. The molecule has 0 aromatic heterocycles. The van der Waals surface area contributed by atoms with Crippen molar-refractivity contribution < 1.29 is 9.90 Å². The van der Waals surface area contributed by atoms with Gasteiger partial charge in [-0.3, -0.25) is 4.79 Å². The Bertz CT molecular complexity index is 492. The SMILES string of the molecule is CCCCCCCC/C(CC)=C(/CC)CCCCCCC(CC)C(=O)O.CCCCCCCCCCN. The van der Waals surface area contributed by atoms with Gasteiger partial charge < -0.3 is 10.8 Å². The van der Waals surface area contributed by atoms with E-state index >= 15 is 0 Å². The van der Waals surface area contributed by atoms with Crippen molar-refractivity contribution in [2.75, 3.05) is 6.54 Å². The molecule has 1 unspecified atom stereocenters. The zero-order chi connectivity index (χ0) is 28.0. The van der Waals surface area contributed by atoms with Crippen LogP contribution in [0.15, 0.2) is 11.1 Å². The average Bonchev–Trinajstić information content (AvgIpc) is 2.90. The van der Waals surface area contributed by atoms with Gasteiger partial charge in [0.2, 0.25) is 0 Å². The first-order chi connectivity index (χ1) is 18.0. The second kappa shape index (κ2) is 31.4. The Morgan fingerprint density at radius 2 is 0.946 bits per heavy atom. The zero-order valence-electron chi connectivity index (χ0n) is 26.2. The minimum Gasteiger partial charge on any atom is -0.481 e. The Balaban J connectivity index is 0. The van der Waals surface area contributed by atoms with Gasteiger partial charge in [0.1, 0.15) is 0 Å². The molecule has 3 nitrogen and oxygen atoms in total. The second-order valence-electron chi connectivity index (χ2n) is 11.1. The van der Waals surface area contributed by atoms with E-state index in [2.05, 4.69) is 27.7 Å². The average molecular weight is 524 g/mol. The van der Waals surface area contributed by atoms with Crippen LogP contribution >= 0.6 is 0 Å². The van der Waals surface area contributed by atoms with Gasteiger partial charge in [0.05, 0.1) is 5.92 Å². The van der Waals surface area contributed by atoms with Gasteiger partial charge in [0.25, 0.3) is 0 Å². The molecule has 0 saturated heterocycles. The highest BCUT2D eigenvalue weighted by atomic mass is 16.4. The van der Waals surface area contributed by atoms with Crippen LogP contribution in [0.3, 0.4) is 0 Å². The lowest BCUT2D eigenvalue weighted by Crippen LogP contribution is -2.12. The smallest absolute Gasteiger partial charge is 0.306 e. The summed E-state index contributed by atoms with van der Waals surface area (Å²) in [7, 11) is 0. The van der Waals surface area contributed by atoms with Crippen LogP contribution in [0.5, 0.6) is 0 Å². The van der Waals surface area contributed by atoms with Crippen LogP contribution in [0, 0.1) is 5.92 Å².